The van der Waals surface area contributed by atoms with Crippen LogP contribution in [0.4, 0.5) is 18.9 Å². The molecule has 0 unspecified atom stereocenters. The van der Waals surface area contributed by atoms with Crippen LogP contribution in [0.3, 0.4) is 0 Å². The van der Waals surface area contributed by atoms with Gasteiger partial charge < -0.3 is 15.1 Å². The van der Waals surface area contributed by atoms with Crippen molar-refractivity contribution in [3.63, 3.8) is 0 Å². The third-order valence-corrected chi connectivity index (χ3v) is 2.76. The number of hydrogen-bond donors (Lipinski definition) is 2. The topological polar surface area (TPSA) is 58.9 Å². The number of quaternary nitrogens is 1. The monoisotopic (exact) mass is 299 g/mol. The van der Waals surface area contributed by atoms with Crippen LogP contribution in [-0.2, 0) is 17.5 Å². The number of amides is 1. The highest BCUT2D eigenvalue weighted by molar-refractivity contribution is 5.92. The Hall–Kier alpha value is -2.28. The zero-order valence-electron chi connectivity index (χ0n) is 11.0. The van der Waals surface area contributed by atoms with Crippen molar-refractivity contribution in [3.8, 4) is 0 Å². The first kappa shape index (κ1) is 15.1. The van der Waals surface area contributed by atoms with Crippen molar-refractivity contribution in [1.29, 1.82) is 0 Å². The largest absolute Gasteiger partial charge is 0.463 e. The number of nitrogens with one attached hydrogen (secondary N) is 1. The molecule has 0 radical (unpaired) electrons. The van der Waals surface area contributed by atoms with Crippen LogP contribution in [0, 0.1) is 0 Å². The Morgan fingerprint density at radius 1 is 1.19 bits per heavy atom. The van der Waals surface area contributed by atoms with Gasteiger partial charge in [0.25, 0.3) is 5.91 Å². The summed E-state index contributed by atoms with van der Waals surface area (Å²) in [4.78, 5) is 11.7. The van der Waals surface area contributed by atoms with E-state index in [1.807, 2.05) is 0 Å². The lowest BCUT2D eigenvalue weighted by atomic mass is 10.1. The molecule has 1 aromatic carbocycles. The molecule has 7 heteroatoms. The third kappa shape index (κ3) is 4.35. The molecule has 1 amide bonds. The number of carbonyl (C=O) groups is 1. The summed E-state index contributed by atoms with van der Waals surface area (Å²) in [6.07, 6.45) is -2.98. The van der Waals surface area contributed by atoms with Crippen molar-refractivity contribution in [2.24, 2.45) is 0 Å². The van der Waals surface area contributed by atoms with E-state index < -0.39 is 17.6 Å². The van der Waals surface area contributed by atoms with Gasteiger partial charge in [-0.1, -0.05) is 12.1 Å². The number of rotatable bonds is 5. The second kappa shape index (κ2) is 6.45. The Balaban J connectivity index is 1.91. The van der Waals surface area contributed by atoms with Gasteiger partial charge in [-0.3, -0.25) is 4.79 Å². The Kier molecular flexibility index (Phi) is 4.64. The molecule has 0 spiro atoms. The van der Waals surface area contributed by atoms with E-state index in [-0.39, 0.29) is 12.2 Å². The fourth-order valence-electron chi connectivity index (χ4n) is 1.81. The molecular formula is C14H14F3N2O2+. The van der Waals surface area contributed by atoms with Crippen LogP contribution in [0.5, 0.6) is 0 Å². The van der Waals surface area contributed by atoms with Gasteiger partial charge in [0.1, 0.15) is 6.54 Å². The predicted octanol–water partition coefficient (Wildman–Crippen LogP) is 2.00. The van der Waals surface area contributed by atoms with Crippen molar-refractivity contribution in [2.45, 2.75) is 12.7 Å². The lowest BCUT2D eigenvalue weighted by molar-refractivity contribution is -0.661. The lowest BCUT2D eigenvalue weighted by Crippen LogP contribution is -2.84. The minimum atomic E-state index is -4.50. The number of hydrogen-bond acceptors (Lipinski definition) is 2. The summed E-state index contributed by atoms with van der Waals surface area (Å²) in [6, 6.07) is 8.37. The van der Waals surface area contributed by atoms with Crippen LogP contribution in [-0.4, -0.2) is 12.5 Å². The van der Waals surface area contributed by atoms with Gasteiger partial charge in [-0.25, -0.2) is 0 Å². The van der Waals surface area contributed by atoms with Gasteiger partial charge in [-0.05, 0) is 24.3 Å². The number of furan rings is 1. The van der Waals surface area contributed by atoms with Gasteiger partial charge in [0.05, 0.1) is 17.5 Å². The van der Waals surface area contributed by atoms with Gasteiger partial charge in [-0.15, -0.1) is 0 Å². The first-order chi connectivity index (χ1) is 9.97. The first-order valence-electron chi connectivity index (χ1n) is 6.27. The molecule has 0 aliphatic rings. The van der Waals surface area contributed by atoms with Gasteiger partial charge in [0, 0.05) is 0 Å². The summed E-state index contributed by atoms with van der Waals surface area (Å²) < 4.78 is 43.4. The van der Waals surface area contributed by atoms with Crippen molar-refractivity contribution in [2.75, 3.05) is 11.9 Å². The zero-order valence-corrected chi connectivity index (χ0v) is 11.0. The molecule has 0 bridgehead atoms. The molecule has 0 saturated carbocycles. The quantitative estimate of drug-likeness (QED) is 0.887. The molecular weight excluding hydrogens is 285 g/mol. The highest BCUT2D eigenvalue weighted by Crippen LogP contribution is 2.34. The van der Waals surface area contributed by atoms with E-state index in [1.54, 1.807) is 17.4 Å². The highest BCUT2D eigenvalue weighted by atomic mass is 19.4. The fourth-order valence-corrected chi connectivity index (χ4v) is 1.81. The zero-order chi connectivity index (χ0) is 15.3. The van der Waals surface area contributed by atoms with Crippen LogP contribution in [0.1, 0.15) is 11.3 Å². The maximum atomic E-state index is 12.8. The SMILES string of the molecule is O=C(C[NH2+]Cc1ccco1)Nc1ccccc1C(F)(F)F. The smallest absolute Gasteiger partial charge is 0.418 e. The van der Waals surface area contributed by atoms with Crippen molar-refractivity contribution >= 4 is 11.6 Å². The van der Waals surface area contributed by atoms with E-state index in [0.717, 1.165) is 6.07 Å². The molecule has 0 aliphatic heterocycles. The molecule has 4 nitrogen and oxygen atoms in total. The Morgan fingerprint density at radius 3 is 2.62 bits per heavy atom. The van der Waals surface area contributed by atoms with Crippen molar-refractivity contribution < 1.29 is 27.7 Å². The summed E-state index contributed by atoms with van der Waals surface area (Å²) >= 11 is 0. The number of carbonyl (C=O) groups excluding carboxylic acids is 1. The molecule has 0 saturated heterocycles. The number of nitrogens with two attached hydrogens (primary N) is 1. The van der Waals surface area contributed by atoms with Crippen molar-refractivity contribution in [3.05, 3.63) is 54.0 Å². The Bertz CT molecular complexity index is 595. The molecule has 1 heterocycles. The summed E-state index contributed by atoms with van der Waals surface area (Å²) in [5.41, 5.74) is -1.09. The molecule has 2 aromatic rings. The maximum absolute atomic E-state index is 12.8. The number of benzene rings is 1. The molecule has 112 valence electrons. The molecule has 0 fully saturated rings. The van der Waals surface area contributed by atoms with E-state index in [4.69, 9.17) is 4.42 Å². The van der Waals surface area contributed by atoms with Gasteiger partial charge >= 0.3 is 6.18 Å². The standard InChI is InChI=1S/C14H13F3N2O2/c15-14(16,17)11-5-1-2-6-12(11)19-13(20)9-18-8-10-4-3-7-21-10/h1-7,18H,8-9H2,(H,19,20)/p+1. The molecule has 0 aliphatic carbocycles. The summed E-state index contributed by atoms with van der Waals surface area (Å²) in [7, 11) is 0. The third-order valence-electron chi connectivity index (χ3n) is 2.76. The minimum Gasteiger partial charge on any atom is -0.463 e. The molecule has 0 atom stereocenters. The van der Waals surface area contributed by atoms with Crippen LogP contribution in [0.15, 0.2) is 47.1 Å². The number of anilines is 1. The molecule has 1 aromatic heterocycles. The Labute approximate surface area is 119 Å². The second-order valence-corrected chi connectivity index (χ2v) is 4.37. The van der Waals surface area contributed by atoms with Crippen molar-refractivity contribution in [1.82, 2.24) is 0 Å². The molecule has 3 N–H and O–H groups in total. The fraction of sp³-hybridized carbons (Fsp3) is 0.214. The molecule has 2 rings (SSSR count). The summed E-state index contributed by atoms with van der Waals surface area (Å²) in [5, 5.41) is 3.92. The van der Waals surface area contributed by atoms with E-state index in [1.165, 1.54) is 24.5 Å². The predicted molar refractivity (Wildman–Crippen MR) is 69.3 cm³/mol. The van der Waals surface area contributed by atoms with Crippen LogP contribution < -0.4 is 10.6 Å². The molecule has 21 heavy (non-hydrogen) atoms. The lowest BCUT2D eigenvalue weighted by Gasteiger charge is -2.12. The van der Waals surface area contributed by atoms with Gasteiger partial charge in [0.15, 0.2) is 12.3 Å². The van der Waals surface area contributed by atoms with Gasteiger partial charge in [-0.2, -0.15) is 13.2 Å². The summed E-state index contributed by atoms with van der Waals surface area (Å²) in [6.45, 7) is 0.453. The van der Waals surface area contributed by atoms with E-state index in [0.29, 0.717) is 12.3 Å². The second-order valence-electron chi connectivity index (χ2n) is 4.37. The van der Waals surface area contributed by atoms with Crippen LogP contribution in [0.25, 0.3) is 0 Å². The van der Waals surface area contributed by atoms with E-state index in [9.17, 15) is 18.0 Å². The van der Waals surface area contributed by atoms with Crippen LogP contribution >= 0.6 is 0 Å². The number of alkyl halides is 3. The number of para-hydroxylation sites is 1. The number of halogens is 3. The van der Waals surface area contributed by atoms with E-state index in [2.05, 4.69) is 5.32 Å². The Morgan fingerprint density at radius 2 is 1.95 bits per heavy atom. The van der Waals surface area contributed by atoms with Crippen LogP contribution in [0.2, 0.25) is 0 Å². The normalized spacial score (nSPS) is 11.4. The highest BCUT2D eigenvalue weighted by Gasteiger charge is 2.33. The summed E-state index contributed by atoms with van der Waals surface area (Å²) in [5.74, 6) is 0.191. The average molecular weight is 299 g/mol. The van der Waals surface area contributed by atoms with E-state index >= 15 is 0 Å². The average Bonchev–Trinajstić information content (AvgIpc) is 2.91. The first-order valence-corrected chi connectivity index (χ1v) is 6.27. The minimum absolute atomic E-state index is 0.00684. The maximum Gasteiger partial charge on any atom is 0.418 e. The van der Waals surface area contributed by atoms with Gasteiger partial charge in [0.2, 0.25) is 0 Å².